The van der Waals surface area contributed by atoms with Gasteiger partial charge in [-0.25, -0.2) is 4.98 Å². The third-order valence-corrected chi connectivity index (χ3v) is 1.71. The first kappa shape index (κ1) is 8.07. The van der Waals surface area contributed by atoms with Gasteiger partial charge in [-0.15, -0.1) is 0 Å². The number of methoxy groups -OCH3 is 1. The molecule has 0 aromatic carbocycles. The van der Waals surface area contributed by atoms with E-state index < -0.39 is 0 Å². The van der Waals surface area contributed by atoms with Crippen molar-refractivity contribution in [3.63, 3.8) is 0 Å². The van der Waals surface area contributed by atoms with E-state index in [1.54, 1.807) is 19.6 Å². The maximum absolute atomic E-state index is 5.47. The second-order valence-corrected chi connectivity index (χ2v) is 2.66. The van der Waals surface area contributed by atoms with Gasteiger partial charge in [-0.3, -0.25) is 0 Å². The minimum atomic E-state index is 0.494. The molecular weight excluding hydrogens is 168 g/mol. The SMILES string of the molecule is COCc1ccc(-c2cnc[nH]2)o1. The normalized spacial score (nSPS) is 10.5. The van der Waals surface area contributed by atoms with E-state index in [2.05, 4.69) is 9.97 Å². The van der Waals surface area contributed by atoms with E-state index in [0.717, 1.165) is 17.2 Å². The summed E-state index contributed by atoms with van der Waals surface area (Å²) in [6.07, 6.45) is 3.34. The molecule has 2 rings (SSSR count). The molecule has 68 valence electrons. The van der Waals surface area contributed by atoms with Gasteiger partial charge in [0, 0.05) is 7.11 Å². The molecule has 13 heavy (non-hydrogen) atoms. The molecular formula is C9H10N2O2. The number of nitrogens with one attached hydrogen (secondary N) is 1. The number of nitrogens with zero attached hydrogens (tertiary/aromatic N) is 1. The van der Waals surface area contributed by atoms with E-state index in [1.165, 1.54) is 0 Å². The molecule has 0 amide bonds. The van der Waals surface area contributed by atoms with Crippen LogP contribution in [0, 0.1) is 0 Å². The Morgan fingerprint density at radius 1 is 1.54 bits per heavy atom. The van der Waals surface area contributed by atoms with E-state index in [0.29, 0.717) is 6.61 Å². The molecule has 0 radical (unpaired) electrons. The molecule has 0 aliphatic heterocycles. The maximum Gasteiger partial charge on any atom is 0.152 e. The molecule has 2 aromatic rings. The van der Waals surface area contributed by atoms with Crippen molar-refractivity contribution in [2.24, 2.45) is 0 Å². The minimum Gasteiger partial charge on any atom is -0.457 e. The van der Waals surface area contributed by atoms with Gasteiger partial charge in [-0.05, 0) is 12.1 Å². The fourth-order valence-corrected chi connectivity index (χ4v) is 1.13. The molecule has 0 atom stereocenters. The molecule has 0 fully saturated rings. The van der Waals surface area contributed by atoms with E-state index >= 15 is 0 Å². The summed E-state index contributed by atoms with van der Waals surface area (Å²) in [5.41, 5.74) is 0.877. The zero-order chi connectivity index (χ0) is 9.10. The summed E-state index contributed by atoms with van der Waals surface area (Å²) in [6.45, 7) is 0.494. The molecule has 4 heteroatoms. The Labute approximate surface area is 75.6 Å². The van der Waals surface area contributed by atoms with Crippen LogP contribution in [0.5, 0.6) is 0 Å². The Morgan fingerprint density at radius 3 is 3.15 bits per heavy atom. The molecule has 0 saturated heterocycles. The van der Waals surface area contributed by atoms with Gasteiger partial charge in [-0.1, -0.05) is 0 Å². The summed E-state index contributed by atoms with van der Waals surface area (Å²) in [7, 11) is 1.64. The van der Waals surface area contributed by atoms with E-state index in [4.69, 9.17) is 9.15 Å². The van der Waals surface area contributed by atoms with Crippen molar-refractivity contribution in [3.05, 3.63) is 30.4 Å². The Hall–Kier alpha value is -1.55. The summed E-state index contributed by atoms with van der Waals surface area (Å²) < 4.78 is 10.4. The van der Waals surface area contributed by atoms with E-state index in [1.807, 2.05) is 12.1 Å². The van der Waals surface area contributed by atoms with Crippen LogP contribution in [-0.4, -0.2) is 17.1 Å². The molecule has 1 N–H and O–H groups in total. The third-order valence-electron chi connectivity index (χ3n) is 1.71. The number of rotatable bonds is 3. The van der Waals surface area contributed by atoms with Crippen molar-refractivity contribution >= 4 is 0 Å². The fourth-order valence-electron chi connectivity index (χ4n) is 1.13. The Bertz CT molecular complexity index is 365. The smallest absolute Gasteiger partial charge is 0.152 e. The van der Waals surface area contributed by atoms with Crippen molar-refractivity contribution < 1.29 is 9.15 Å². The molecule has 0 saturated carbocycles. The summed E-state index contributed by atoms with van der Waals surface area (Å²) in [5, 5.41) is 0. The number of hydrogen-bond donors (Lipinski definition) is 1. The first-order chi connectivity index (χ1) is 6.40. The standard InChI is InChI=1S/C9H10N2O2/c1-12-5-7-2-3-9(13-7)8-4-10-6-11-8/h2-4,6H,5H2,1H3,(H,10,11). The Morgan fingerprint density at radius 2 is 2.46 bits per heavy atom. The predicted octanol–water partition coefficient (Wildman–Crippen LogP) is 1.82. The number of imidazole rings is 1. The van der Waals surface area contributed by atoms with Gasteiger partial charge >= 0.3 is 0 Å². The highest BCUT2D eigenvalue weighted by molar-refractivity contribution is 5.50. The molecule has 0 bridgehead atoms. The minimum absolute atomic E-state index is 0.494. The van der Waals surface area contributed by atoms with Crippen LogP contribution in [0.4, 0.5) is 0 Å². The first-order valence-corrected chi connectivity index (χ1v) is 3.96. The zero-order valence-electron chi connectivity index (χ0n) is 7.28. The topological polar surface area (TPSA) is 51.0 Å². The van der Waals surface area contributed by atoms with Gasteiger partial charge in [0.1, 0.15) is 18.1 Å². The van der Waals surface area contributed by atoms with Crippen molar-refractivity contribution in [2.75, 3.05) is 7.11 Å². The van der Waals surface area contributed by atoms with Crippen LogP contribution in [-0.2, 0) is 11.3 Å². The molecule has 0 unspecified atom stereocenters. The average molecular weight is 178 g/mol. The van der Waals surface area contributed by atoms with Crippen LogP contribution in [0.1, 0.15) is 5.76 Å². The monoisotopic (exact) mass is 178 g/mol. The van der Waals surface area contributed by atoms with Crippen molar-refractivity contribution in [3.8, 4) is 11.5 Å². The average Bonchev–Trinajstić information content (AvgIpc) is 2.70. The summed E-state index contributed by atoms with van der Waals surface area (Å²) in [6, 6.07) is 3.78. The van der Waals surface area contributed by atoms with Crippen LogP contribution in [0.15, 0.2) is 29.1 Å². The lowest BCUT2D eigenvalue weighted by Gasteiger charge is -1.92. The summed E-state index contributed by atoms with van der Waals surface area (Å²) in [4.78, 5) is 6.87. The zero-order valence-corrected chi connectivity index (χ0v) is 7.28. The molecule has 0 aliphatic rings. The van der Waals surface area contributed by atoms with Gasteiger partial charge in [0.05, 0.1) is 12.5 Å². The highest BCUT2D eigenvalue weighted by atomic mass is 16.5. The molecule has 2 heterocycles. The summed E-state index contributed by atoms with van der Waals surface area (Å²) >= 11 is 0. The van der Waals surface area contributed by atoms with Crippen LogP contribution in [0.25, 0.3) is 11.5 Å². The lowest BCUT2D eigenvalue weighted by molar-refractivity contribution is 0.165. The van der Waals surface area contributed by atoms with E-state index in [-0.39, 0.29) is 0 Å². The number of aromatic amines is 1. The van der Waals surface area contributed by atoms with Gasteiger partial charge in [0.15, 0.2) is 5.76 Å². The second-order valence-electron chi connectivity index (χ2n) is 2.66. The quantitative estimate of drug-likeness (QED) is 0.779. The van der Waals surface area contributed by atoms with Crippen LogP contribution in [0.2, 0.25) is 0 Å². The van der Waals surface area contributed by atoms with Gasteiger partial charge < -0.3 is 14.1 Å². The molecule has 0 spiro atoms. The lowest BCUT2D eigenvalue weighted by Crippen LogP contribution is -1.81. The van der Waals surface area contributed by atoms with Crippen molar-refractivity contribution in [1.29, 1.82) is 0 Å². The van der Waals surface area contributed by atoms with Crippen molar-refractivity contribution in [1.82, 2.24) is 9.97 Å². The number of hydrogen-bond acceptors (Lipinski definition) is 3. The Kier molecular flexibility index (Phi) is 2.14. The van der Waals surface area contributed by atoms with Crippen LogP contribution in [0.3, 0.4) is 0 Å². The van der Waals surface area contributed by atoms with Crippen molar-refractivity contribution in [2.45, 2.75) is 6.61 Å². The Balaban J connectivity index is 2.23. The maximum atomic E-state index is 5.47. The molecule has 2 aromatic heterocycles. The number of furan rings is 1. The van der Waals surface area contributed by atoms with E-state index in [9.17, 15) is 0 Å². The number of ether oxygens (including phenoxy) is 1. The second kappa shape index (κ2) is 3.45. The number of aromatic nitrogens is 2. The van der Waals surface area contributed by atoms with Crippen LogP contribution >= 0.6 is 0 Å². The largest absolute Gasteiger partial charge is 0.457 e. The lowest BCUT2D eigenvalue weighted by atomic mass is 10.3. The highest BCUT2D eigenvalue weighted by Crippen LogP contribution is 2.19. The van der Waals surface area contributed by atoms with Gasteiger partial charge in [0.2, 0.25) is 0 Å². The van der Waals surface area contributed by atoms with Gasteiger partial charge in [0.25, 0.3) is 0 Å². The number of H-pyrrole nitrogens is 1. The van der Waals surface area contributed by atoms with Gasteiger partial charge in [-0.2, -0.15) is 0 Å². The molecule has 4 nitrogen and oxygen atoms in total. The van der Waals surface area contributed by atoms with Crippen LogP contribution < -0.4 is 0 Å². The first-order valence-electron chi connectivity index (χ1n) is 3.96. The molecule has 0 aliphatic carbocycles. The fraction of sp³-hybridized carbons (Fsp3) is 0.222. The summed E-state index contributed by atoms with van der Waals surface area (Å²) in [5.74, 6) is 1.59. The third kappa shape index (κ3) is 1.62. The highest BCUT2D eigenvalue weighted by Gasteiger charge is 2.04. The predicted molar refractivity (Wildman–Crippen MR) is 47.0 cm³/mol.